The lowest BCUT2D eigenvalue weighted by Crippen LogP contribution is -2.51. The minimum absolute atomic E-state index is 0.106. The van der Waals surface area contributed by atoms with E-state index in [1.807, 2.05) is 6.07 Å². The van der Waals surface area contributed by atoms with Gasteiger partial charge in [0.15, 0.2) is 11.5 Å². The summed E-state index contributed by atoms with van der Waals surface area (Å²) in [6.45, 7) is 13.8. The first-order valence-electron chi connectivity index (χ1n) is 14.0. The van der Waals surface area contributed by atoms with Crippen molar-refractivity contribution >= 4 is 74.6 Å². The van der Waals surface area contributed by atoms with Crippen LogP contribution < -0.4 is 10.6 Å². The van der Waals surface area contributed by atoms with E-state index in [4.69, 9.17) is 0 Å². The molecule has 0 fully saturated rings. The fourth-order valence-corrected chi connectivity index (χ4v) is 13.9. The highest BCUT2D eigenvalue weighted by atomic mass is 79.9. The summed E-state index contributed by atoms with van der Waals surface area (Å²) < 4.78 is 41.2. The molecule has 4 aromatic heterocycles. The molecular weight excluding hydrogens is 721 g/mol. The van der Waals surface area contributed by atoms with Gasteiger partial charge >= 0.3 is 0 Å². The number of fused-ring (bicyclic) bond motifs is 3. The van der Waals surface area contributed by atoms with E-state index in [0.29, 0.717) is 33.4 Å². The quantitative estimate of drug-likeness (QED) is 0.162. The van der Waals surface area contributed by atoms with Gasteiger partial charge in [-0.05, 0) is 47.1 Å². The second kappa shape index (κ2) is 13.1. The molecule has 0 atom stereocenters. The highest BCUT2D eigenvalue weighted by Crippen LogP contribution is 2.47. The molecule has 0 unspecified atom stereocenters. The standard InChI is InChI=1S/C16H25FN2Si.C7H3Br2FN2O.C7H5FN2O/c1-11(2)20(12(3)4,13(5)6)19-10-8-14-15(17)7-9-18-16(14)19;8-7(9)4-3(10)1-2-11-5(4)12-6(7)13;8-5-1-2-9-7-4(5)3-6(11)10-7/h7-13H,1-6H3;1-2H,(H,11,12,13);1-2H,3H2,(H,9,10,11). The lowest BCUT2D eigenvalue weighted by atomic mass is 10.2. The van der Waals surface area contributed by atoms with Gasteiger partial charge in [0.2, 0.25) is 5.91 Å². The summed E-state index contributed by atoms with van der Waals surface area (Å²) in [5.74, 6) is -0.982. The van der Waals surface area contributed by atoms with Crippen molar-refractivity contribution in [3.05, 3.63) is 77.6 Å². The monoisotopic (exact) mass is 752 g/mol. The predicted molar refractivity (Wildman–Crippen MR) is 175 cm³/mol. The van der Waals surface area contributed by atoms with Gasteiger partial charge < -0.3 is 14.9 Å². The van der Waals surface area contributed by atoms with E-state index in [1.54, 1.807) is 6.20 Å². The maximum Gasteiger partial charge on any atom is 0.258 e. The average molecular weight is 755 g/mol. The number of aromatic nitrogens is 4. The maximum atomic E-state index is 14.0. The van der Waals surface area contributed by atoms with Gasteiger partial charge in [0.1, 0.15) is 34.7 Å². The Kier molecular flexibility index (Phi) is 10.1. The van der Waals surface area contributed by atoms with Crippen LogP contribution in [0.15, 0.2) is 49.1 Å². The van der Waals surface area contributed by atoms with Crippen LogP contribution in [-0.2, 0) is 19.2 Å². The largest absolute Gasteiger partial charge is 0.358 e. The fourth-order valence-electron chi connectivity index (χ4n) is 6.37. The van der Waals surface area contributed by atoms with Crippen molar-refractivity contribution in [1.29, 1.82) is 0 Å². The average Bonchev–Trinajstić information content (AvgIpc) is 3.60. The summed E-state index contributed by atoms with van der Waals surface area (Å²) in [4.78, 5) is 34.1. The van der Waals surface area contributed by atoms with E-state index in [9.17, 15) is 22.8 Å². The number of anilines is 2. The minimum Gasteiger partial charge on any atom is -0.358 e. The normalized spacial score (nSPS) is 15.0. The van der Waals surface area contributed by atoms with Crippen LogP contribution in [0.4, 0.5) is 24.8 Å². The molecule has 234 valence electrons. The van der Waals surface area contributed by atoms with Crippen LogP contribution in [0.25, 0.3) is 11.0 Å². The molecule has 4 aromatic rings. The summed E-state index contributed by atoms with van der Waals surface area (Å²) in [5.41, 5.74) is 3.10. The SMILES string of the molecule is CC(C)[Si](C(C)C)(C(C)C)n1ccc2c(F)ccnc21.O=C1Cc2c(F)ccnc2N1.O=C1Nc2nccc(F)c2C1(Br)Br. The molecule has 14 heteroatoms. The van der Waals surface area contributed by atoms with Gasteiger partial charge in [0.25, 0.3) is 5.91 Å². The van der Waals surface area contributed by atoms with Gasteiger partial charge in [-0.2, -0.15) is 0 Å². The molecule has 0 spiro atoms. The molecule has 0 saturated carbocycles. The van der Waals surface area contributed by atoms with E-state index < -0.39 is 17.3 Å². The van der Waals surface area contributed by atoms with Crippen LogP contribution in [0.5, 0.6) is 0 Å². The number of hydrogen-bond donors (Lipinski definition) is 2. The molecule has 0 radical (unpaired) electrons. The molecule has 2 aliphatic heterocycles. The highest BCUT2D eigenvalue weighted by molar-refractivity contribution is 9.25. The molecular formula is C30H33Br2F3N6O2Si. The fraction of sp³-hybridized carbons (Fsp3) is 0.367. The van der Waals surface area contributed by atoms with Crippen LogP contribution in [0, 0.1) is 17.5 Å². The number of hydrogen-bond acceptors (Lipinski definition) is 5. The Morgan fingerprint density at radius 1 is 0.795 bits per heavy atom. The van der Waals surface area contributed by atoms with Crippen molar-refractivity contribution in [2.75, 3.05) is 10.6 Å². The second-order valence-electron chi connectivity index (χ2n) is 11.5. The molecule has 6 heterocycles. The predicted octanol–water partition coefficient (Wildman–Crippen LogP) is 8.03. The topological polar surface area (TPSA) is 102 Å². The summed E-state index contributed by atoms with van der Waals surface area (Å²) in [5, 5.41) is 5.54. The molecule has 0 aromatic carbocycles. The number of amides is 2. The Bertz CT molecular complexity index is 1690. The molecule has 2 aliphatic rings. The highest BCUT2D eigenvalue weighted by Gasteiger charge is 2.47. The summed E-state index contributed by atoms with van der Waals surface area (Å²) in [7, 11) is -1.85. The number of halogens is 5. The summed E-state index contributed by atoms with van der Waals surface area (Å²) in [6.07, 6.45) is 6.38. The zero-order chi connectivity index (χ0) is 32.6. The van der Waals surface area contributed by atoms with Gasteiger partial charge in [-0.25, -0.2) is 28.1 Å². The summed E-state index contributed by atoms with van der Waals surface area (Å²) in [6, 6.07) is 5.78. The number of nitrogens with zero attached hydrogens (tertiary/aromatic N) is 4. The van der Waals surface area contributed by atoms with E-state index in [1.165, 1.54) is 30.6 Å². The number of carbonyl (C=O) groups is 2. The van der Waals surface area contributed by atoms with Crippen molar-refractivity contribution in [3.63, 3.8) is 0 Å². The smallest absolute Gasteiger partial charge is 0.258 e. The van der Waals surface area contributed by atoms with E-state index >= 15 is 0 Å². The maximum absolute atomic E-state index is 14.0. The van der Waals surface area contributed by atoms with Crippen molar-refractivity contribution in [1.82, 2.24) is 19.2 Å². The molecule has 8 nitrogen and oxygen atoms in total. The minimum atomic E-state index is -1.85. The van der Waals surface area contributed by atoms with E-state index in [2.05, 4.69) is 109 Å². The number of carbonyl (C=O) groups excluding carboxylic acids is 2. The zero-order valence-corrected chi connectivity index (χ0v) is 29.2. The Hall–Kier alpha value is -3.10. The van der Waals surface area contributed by atoms with Crippen LogP contribution >= 0.6 is 31.9 Å². The van der Waals surface area contributed by atoms with Gasteiger partial charge in [-0.1, -0.05) is 73.4 Å². The third-order valence-electron chi connectivity index (χ3n) is 8.05. The van der Waals surface area contributed by atoms with E-state index in [-0.39, 0.29) is 41.3 Å². The van der Waals surface area contributed by atoms with Crippen LogP contribution in [0.1, 0.15) is 52.7 Å². The van der Waals surface area contributed by atoms with Crippen molar-refractivity contribution in [2.24, 2.45) is 0 Å². The van der Waals surface area contributed by atoms with Gasteiger partial charge in [-0.15, -0.1) is 0 Å². The van der Waals surface area contributed by atoms with E-state index in [0.717, 1.165) is 5.65 Å². The Labute approximate surface area is 271 Å². The third-order valence-corrected chi connectivity index (χ3v) is 16.3. The van der Waals surface area contributed by atoms with Gasteiger partial charge in [-0.3, -0.25) is 9.59 Å². The van der Waals surface area contributed by atoms with Crippen molar-refractivity contribution in [3.8, 4) is 0 Å². The molecule has 2 amide bonds. The van der Waals surface area contributed by atoms with Gasteiger partial charge in [0, 0.05) is 24.2 Å². The van der Waals surface area contributed by atoms with Crippen LogP contribution in [0.3, 0.4) is 0 Å². The zero-order valence-electron chi connectivity index (χ0n) is 25.1. The lowest BCUT2D eigenvalue weighted by Gasteiger charge is -2.44. The Morgan fingerprint density at radius 3 is 1.91 bits per heavy atom. The molecule has 0 aliphatic carbocycles. The number of rotatable bonds is 4. The molecule has 0 saturated heterocycles. The first-order valence-corrected chi connectivity index (χ1v) is 17.8. The molecule has 44 heavy (non-hydrogen) atoms. The number of nitrogens with one attached hydrogen (secondary N) is 2. The Morgan fingerprint density at radius 2 is 1.34 bits per heavy atom. The second-order valence-corrected chi connectivity index (χ2v) is 20.6. The first-order chi connectivity index (χ1) is 20.6. The van der Waals surface area contributed by atoms with Crippen LogP contribution in [-0.4, -0.2) is 39.2 Å². The lowest BCUT2D eigenvalue weighted by molar-refractivity contribution is -0.116. The van der Waals surface area contributed by atoms with Crippen molar-refractivity contribution in [2.45, 2.75) is 67.8 Å². The first kappa shape index (κ1) is 33.8. The number of alkyl halides is 2. The molecule has 2 N–H and O–H groups in total. The molecule has 0 bridgehead atoms. The third kappa shape index (κ3) is 6.07. The Balaban J connectivity index is 0.000000159. The van der Waals surface area contributed by atoms with Crippen LogP contribution in [0.2, 0.25) is 16.6 Å². The summed E-state index contributed by atoms with van der Waals surface area (Å²) >= 11 is 6.16. The molecule has 6 rings (SSSR count). The van der Waals surface area contributed by atoms with Crippen molar-refractivity contribution < 1.29 is 22.8 Å². The number of pyridine rings is 3. The van der Waals surface area contributed by atoms with Gasteiger partial charge in [0.05, 0.1) is 17.4 Å².